The highest BCUT2D eigenvalue weighted by Crippen LogP contribution is 2.20. The fraction of sp³-hybridized carbons (Fsp3) is 0.333. The summed E-state index contributed by atoms with van der Waals surface area (Å²) in [5.41, 5.74) is 1.72. The highest BCUT2D eigenvalue weighted by atomic mass is 35.5. The average Bonchev–Trinajstić information content (AvgIpc) is 2.64. The Labute approximate surface area is 157 Å². The Hall–Kier alpha value is -2.51. The predicted molar refractivity (Wildman–Crippen MR) is 99.2 cm³/mol. The molecule has 1 saturated heterocycles. The lowest BCUT2D eigenvalue weighted by molar-refractivity contribution is -0.117. The van der Waals surface area contributed by atoms with Gasteiger partial charge < -0.3 is 10.2 Å². The zero-order chi connectivity index (χ0) is 18.5. The molecule has 0 unspecified atom stereocenters. The third kappa shape index (κ3) is 4.56. The van der Waals surface area contributed by atoms with E-state index < -0.39 is 0 Å². The second kappa shape index (κ2) is 8.25. The molecule has 26 heavy (non-hydrogen) atoms. The third-order valence-corrected chi connectivity index (χ3v) is 4.50. The molecule has 2 amide bonds. The number of benzene rings is 1. The Balaban J connectivity index is 1.49. The SMILES string of the molecule is Cc1cnc(C(=O)N2CCN(CC(=O)Nc3ccccc3Cl)CC2)cn1. The summed E-state index contributed by atoms with van der Waals surface area (Å²) in [4.78, 5) is 36.6. The summed E-state index contributed by atoms with van der Waals surface area (Å²) in [5, 5.41) is 3.32. The van der Waals surface area contributed by atoms with E-state index in [0.29, 0.717) is 42.6 Å². The van der Waals surface area contributed by atoms with E-state index in [0.717, 1.165) is 5.69 Å². The maximum atomic E-state index is 12.4. The number of carbonyl (C=O) groups is 2. The molecule has 8 heteroatoms. The van der Waals surface area contributed by atoms with Crippen LogP contribution in [0.5, 0.6) is 0 Å². The Morgan fingerprint density at radius 1 is 1.12 bits per heavy atom. The molecule has 1 fully saturated rings. The molecule has 1 N–H and O–H groups in total. The second-order valence-electron chi connectivity index (χ2n) is 6.14. The monoisotopic (exact) mass is 373 g/mol. The molecule has 0 aliphatic carbocycles. The van der Waals surface area contributed by atoms with Gasteiger partial charge in [-0.15, -0.1) is 0 Å². The van der Waals surface area contributed by atoms with Crippen LogP contribution in [0.3, 0.4) is 0 Å². The molecule has 1 aromatic heterocycles. The van der Waals surface area contributed by atoms with Crippen LogP contribution in [0.25, 0.3) is 0 Å². The smallest absolute Gasteiger partial charge is 0.274 e. The van der Waals surface area contributed by atoms with Gasteiger partial charge in [-0.3, -0.25) is 19.5 Å². The number of hydrogen-bond acceptors (Lipinski definition) is 5. The van der Waals surface area contributed by atoms with Crippen molar-refractivity contribution in [2.75, 3.05) is 38.0 Å². The molecule has 0 bridgehead atoms. The molecule has 0 radical (unpaired) electrons. The fourth-order valence-corrected chi connectivity index (χ4v) is 2.91. The number of halogens is 1. The van der Waals surface area contributed by atoms with Gasteiger partial charge in [0, 0.05) is 32.4 Å². The lowest BCUT2D eigenvalue weighted by atomic mass is 10.2. The number of rotatable bonds is 4. The topological polar surface area (TPSA) is 78.4 Å². The summed E-state index contributed by atoms with van der Waals surface area (Å²) < 4.78 is 0. The number of aryl methyl sites for hydroxylation is 1. The van der Waals surface area contributed by atoms with Gasteiger partial charge in [-0.2, -0.15) is 0 Å². The zero-order valence-electron chi connectivity index (χ0n) is 14.5. The van der Waals surface area contributed by atoms with Gasteiger partial charge in [-0.05, 0) is 19.1 Å². The number of amides is 2. The lowest BCUT2D eigenvalue weighted by Gasteiger charge is -2.34. The minimum atomic E-state index is -0.127. The third-order valence-electron chi connectivity index (χ3n) is 4.17. The first-order valence-corrected chi connectivity index (χ1v) is 8.75. The predicted octanol–water partition coefficient (Wildman–Crippen LogP) is 1.83. The minimum absolute atomic E-state index is 0.123. The Bertz CT molecular complexity index is 788. The standard InChI is InChI=1S/C18H20ClN5O2/c1-13-10-21-16(11-20-13)18(26)24-8-6-23(7-9-24)12-17(25)22-15-5-3-2-4-14(15)19/h2-5,10-11H,6-9,12H2,1H3,(H,22,25). The van der Waals surface area contributed by atoms with Crippen LogP contribution >= 0.6 is 11.6 Å². The van der Waals surface area contributed by atoms with Gasteiger partial charge in [0.05, 0.1) is 29.1 Å². The van der Waals surface area contributed by atoms with Crippen LogP contribution in [-0.4, -0.2) is 64.3 Å². The minimum Gasteiger partial charge on any atom is -0.335 e. The molecule has 1 aliphatic heterocycles. The Kier molecular flexibility index (Phi) is 5.80. The number of nitrogens with one attached hydrogen (secondary N) is 1. The van der Waals surface area contributed by atoms with Crippen molar-refractivity contribution >= 4 is 29.1 Å². The van der Waals surface area contributed by atoms with Gasteiger partial charge in [0.25, 0.3) is 5.91 Å². The molecule has 2 aromatic rings. The number of piperazine rings is 1. The Morgan fingerprint density at radius 2 is 1.85 bits per heavy atom. The van der Waals surface area contributed by atoms with Crippen molar-refractivity contribution in [1.29, 1.82) is 0 Å². The number of para-hydroxylation sites is 1. The van der Waals surface area contributed by atoms with Crippen molar-refractivity contribution in [3.8, 4) is 0 Å². The van der Waals surface area contributed by atoms with Gasteiger partial charge in [0.2, 0.25) is 5.91 Å². The van der Waals surface area contributed by atoms with E-state index in [4.69, 9.17) is 11.6 Å². The first kappa shape index (κ1) is 18.3. The molecule has 7 nitrogen and oxygen atoms in total. The van der Waals surface area contributed by atoms with Crippen LogP contribution in [0, 0.1) is 6.92 Å². The number of anilines is 1. The quantitative estimate of drug-likeness (QED) is 0.884. The zero-order valence-corrected chi connectivity index (χ0v) is 15.2. The molecule has 1 aliphatic rings. The van der Waals surface area contributed by atoms with Crippen molar-refractivity contribution in [3.63, 3.8) is 0 Å². The van der Waals surface area contributed by atoms with Crippen LogP contribution in [0.1, 0.15) is 16.2 Å². The maximum absolute atomic E-state index is 12.4. The molecule has 1 aromatic carbocycles. The van der Waals surface area contributed by atoms with Crippen molar-refractivity contribution in [1.82, 2.24) is 19.8 Å². The van der Waals surface area contributed by atoms with Crippen LogP contribution in [0.15, 0.2) is 36.7 Å². The van der Waals surface area contributed by atoms with Crippen molar-refractivity contribution in [2.45, 2.75) is 6.92 Å². The largest absolute Gasteiger partial charge is 0.335 e. The Morgan fingerprint density at radius 3 is 2.50 bits per heavy atom. The number of aromatic nitrogens is 2. The number of nitrogens with zero attached hydrogens (tertiary/aromatic N) is 4. The van der Waals surface area contributed by atoms with Crippen LogP contribution < -0.4 is 5.32 Å². The number of carbonyl (C=O) groups excluding carboxylic acids is 2. The summed E-state index contributed by atoms with van der Waals surface area (Å²) >= 11 is 6.05. The van der Waals surface area contributed by atoms with Crippen molar-refractivity contribution in [3.05, 3.63) is 53.1 Å². The molecule has 136 valence electrons. The van der Waals surface area contributed by atoms with E-state index in [1.807, 2.05) is 24.0 Å². The molecule has 0 saturated carbocycles. The van der Waals surface area contributed by atoms with Gasteiger partial charge >= 0.3 is 0 Å². The highest BCUT2D eigenvalue weighted by Gasteiger charge is 2.24. The van der Waals surface area contributed by atoms with Gasteiger partial charge in [-0.25, -0.2) is 4.98 Å². The summed E-state index contributed by atoms with van der Waals surface area (Å²) in [6, 6.07) is 7.13. The normalized spacial score (nSPS) is 14.9. The molecule has 0 spiro atoms. The summed E-state index contributed by atoms with van der Waals surface area (Å²) in [7, 11) is 0. The maximum Gasteiger partial charge on any atom is 0.274 e. The average molecular weight is 374 g/mol. The van der Waals surface area contributed by atoms with Gasteiger partial charge in [0.15, 0.2) is 0 Å². The van der Waals surface area contributed by atoms with Gasteiger partial charge in [-0.1, -0.05) is 23.7 Å². The first-order chi connectivity index (χ1) is 12.5. The molecule has 3 rings (SSSR count). The second-order valence-corrected chi connectivity index (χ2v) is 6.55. The van der Waals surface area contributed by atoms with E-state index in [1.165, 1.54) is 6.20 Å². The molecule has 2 heterocycles. The van der Waals surface area contributed by atoms with Gasteiger partial charge in [0.1, 0.15) is 5.69 Å². The summed E-state index contributed by atoms with van der Waals surface area (Å²) in [6.07, 6.45) is 3.09. The van der Waals surface area contributed by atoms with Crippen LogP contribution in [0.4, 0.5) is 5.69 Å². The van der Waals surface area contributed by atoms with Crippen LogP contribution in [-0.2, 0) is 4.79 Å². The summed E-state index contributed by atoms with van der Waals surface area (Å²) in [5.74, 6) is -0.250. The first-order valence-electron chi connectivity index (χ1n) is 8.37. The van der Waals surface area contributed by atoms with E-state index in [9.17, 15) is 9.59 Å². The van der Waals surface area contributed by atoms with E-state index in [-0.39, 0.29) is 18.4 Å². The lowest BCUT2D eigenvalue weighted by Crippen LogP contribution is -2.50. The van der Waals surface area contributed by atoms with Crippen LogP contribution in [0.2, 0.25) is 5.02 Å². The van der Waals surface area contributed by atoms with E-state index in [1.54, 1.807) is 23.2 Å². The van der Waals surface area contributed by atoms with E-state index >= 15 is 0 Å². The molecular weight excluding hydrogens is 354 g/mol. The summed E-state index contributed by atoms with van der Waals surface area (Å²) in [6.45, 7) is 4.44. The van der Waals surface area contributed by atoms with Crippen molar-refractivity contribution in [2.24, 2.45) is 0 Å². The fourth-order valence-electron chi connectivity index (χ4n) is 2.73. The van der Waals surface area contributed by atoms with E-state index in [2.05, 4.69) is 15.3 Å². The van der Waals surface area contributed by atoms with Crippen molar-refractivity contribution < 1.29 is 9.59 Å². The highest BCUT2D eigenvalue weighted by molar-refractivity contribution is 6.33. The molecular formula is C18H20ClN5O2. The molecule has 0 atom stereocenters. The number of hydrogen-bond donors (Lipinski definition) is 1.